The van der Waals surface area contributed by atoms with Gasteiger partial charge in [0.1, 0.15) is 22.9 Å². The molecule has 0 unspecified atom stereocenters. The van der Waals surface area contributed by atoms with E-state index in [1.165, 1.54) is 12.3 Å². The van der Waals surface area contributed by atoms with E-state index in [1.54, 1.807) is 24.7 Å². The number of rotatable bonds is 4. The molecular weight excluding hydrogens is 411 g/mol. The number of aryl methyl sites for hydroxylation is 2. The van der Waals surface area contributed by atoms with Gasteiger partial charge in [0, 0.05) is 55.1 Å². The first kappa shape index (κ1) is 20.4. The summed E-state index contributed by atoms with van der Waals surface area (Å²) in [5.74, 6) is 1.44. The van der Waals surface area contributed by atoms with Gasteiger partial charge >= 0.3 is 0 Å². The molecule has 1 aliphatic heterocycles. The van der Waals surface area contributed by atoms with E-state index in [1.807, 2.05) is 18.2 Å². The summed E-state index contributed by atoms with van der Waals surface area (Å²) >= 11 is 0. The van der Waals surface area contributed by atoms with Crippen LogP contribution >= 0.6 is 0 Å². The Bertz CT molecular complexity index is 1330. The van der Waals surface area contributed by atoms with Crippen LogP contribution in [0.25, 0.3) is 22.2 Å². The van der Waals surface area contributed by atoms with Crippen LogP contribution in [0, 0.1) is 12.7 Å². The molecule has 0 spiro atoms. The summed E-state index contributed by atoms with van der Waals surface area (Å²) in [6.45, 7) is 3.20. The molecule has 0 saturated carbocycles. The van der Waals surface area contributed by atoms with Gasteiger partial charge in [-0.05, 0) is 38.0 Å². The van der Waals surface area contributed by atoms with Gasteiger partial charge in [0.15, 0.2) is 5.75 Å². The molecule has 4 aromatic rings. The average Bonchev–Trinajstić information content (AvgIpc) is 3.23. The number of pyridine rings is 2. The molecule has 1 saturated heterocycles. The second-order valence-corrected chi connectivity index (χ2v) is 8.12. The first-order chi connectivity index (χ1) is 15.5. The summed E-state index contributed by atoms with van der Waals surface area (Å²) in [5.41, 5.74) is 3.60. The highest BCUT2D eigenvalue weighted by molar-refractivity contribution is 5.91. The van der Waals surface area contributed by atoms with Crippen molar-refractivity contribution in [1.82, 2.24) is 19.5 Å². The molecular formula is C24H23FN4O3. The second-order valence-electron chi connectivity index (χ2n) is 8.12. The highest BCUT2D eigenvalue weighted by Crippen LogP contribution is 2.40. The Morgan fingerprint density at radius 1 is 1.22 bits per heavy atom. The maximum Gasteiger partial charge on any atom is 0.253 e. The maximum atomic E-state index is 13.8. The van der Waals surface area contributed by atoms with Crippen molar-refractivity contribution >= 4 is 11.0 Å². The third kappa shape index (κ3) is 3.78. The molecule has 1 N–H and O–H groups in total. The summed E-state index contributed by atoms with van der Waals surface area (Å²) in [4.78, 5) is 24.4. The Hall–Kier alpha value is -3.52. The molecule has 0 atom stereocenters. The van der Waals surface area contributed by atoms with E-state index < -0.39 is 5.82 Å². The van der Waals surface area contributed by atoms with Gasteiger partial charge in [-0.2, -0.15) is 0 Å². The molecule has 1 aliphatic rings. The van der Waals surface area contributed by atoms with Crippen molar-refractivity contribution in [3.05, 3.63) is 70.4 Å². The summed E-state index contributed by atoms with van der Waals surface area (Å²) in [6.07, 6.45) is 6.15. The molecule has 1 fully saturated rings. The first-order valence-corrected chi connectivity index (χ1v) is 10.6. The zero-order valence-electron chi connectivity index (χ0n) is 17.9. The largest absolute Gasteiger partial charge is 0.453 e. The number of benzene rings is 1. The fourth-order valence-corrected chi connectivity index (χ4v) is 4.16. The molecule has 0 amide bonds. The summed E-state index contributed by atoms with van der Waals surface area (Å²) in [7, 11) is 1.71. The third-order valence-electron chi connectivity index (χ3n) is 5.81. The number of ether oxygens (including phenoxy) is 2. The van der Waals surface area contributed by atoms with Gasteiger partial charge in [0.2, 0.25) is 0 Å². The Kier molecular flexibility index (Phi) is 5.22. The molecule has 3 aromatic heterocycles. The Balaban J connectivity index is 1.69. The normalized spacial score (nSPS) is 14.7. The second kappa shape index (κ2) is 8.20. The molecule has 1 aromatic carbocycles. The van der Waals surface area contributed by atoms with Crippen LogP contribution < -0.4 is 10.3 Å². The Morgan fingerprint density at radius 3 is 2.78 bits per heavy atom. The van der Waals surface area contributed by atoms with Crippen LogP contribution in [-0.2, 0) is 11.8 Å². The highest BCUT2D eigenvalue weighted by Gasteiger charge is 2.22. The van der Waals surface area contributed by atoms with E-state index in [-0.39, 0.29) is 17.2 Å². The minimum atomic E-state index is -0.487. The zero-order chi connectivity index (χ0) is 22.2. The van der Waals surface area contributed by atoms with Crippen LogP contribution in [0.2, 0.25) is 0 Å². The highest BCUT2D eigenvalue weighted by atomic mass is 19.1. The molecule has 4 heterocycles. The van der Waals surface area contributed by atoms with Gasteiger partial charge in [-0.3, -0.25) is 9.78 Å². The molecule has 0 bridgehead atoms. The maximum absolute atomic E-state index is 13.8. The summed E-state index contributed by atoms with van der Waals surface area (Å²) in [6, 6.07) is 6.99. The lowest BCUT2D eigenvalue weighted by Crippen LogP contribution is -2.18. The SMILES string of the molecule is Cc1cc(-c2ccc3[nH]c(C4CCOCC4)nc3c2Oc2cncc(F)c2)cn(C)c1=O. The average molecular weight is 434 g/mol. The number of halogens is 1. The van der Waals surface area contributed by atoms with Crippen LogP contribution in [0.4, 0.5) is 4.39 Å². The monoisotopic (exact) mass is 434 g/mol. The van der Waals surface area contributed by atoms with Crippen molar-refractivity contribution < 1.29 is 13.9 Å². The topological polar surface area (TPSA) is 82.0 Å². The lowest BCUT2D eigenvalue weighted by Gasteiger charge is -2.19. The number of imidazole rings is 1. The fraction of sp³-hybridized carbons (Fsp3) is 0.292. The van der Waals surface area contributed by atoms with Crippen LogP contribution in [0.1, 0.15) is 30.1 Å². The van der Waals surface area contributed by atoms with Gasteiger partial charge in [0.25, 0.3) is 5.56 Å². The number of aromatic amines is 1. The van der Waals surface area contributed by atoms with E-state index in [2.05, 4.69) is 9.97 Å². The van der Waals surface area contributed by atoms with Crippen molar-refractivity contribution in [2.45, 2.75) is 25.7 Å². The van der Waals surface area contributed by atoms with Gasteiger partial charge in [-0.25, -0.2) is 9.37 Å². The standard InChI is InChI=1S/C24H23FN4O3/c1-14-9-16(13-29(2)24(14)30)19-3-4-20-21(22(19)32-18-10-17(25)11-26-12-18)28-23(27-20)15-5-7-31-8-6-15/h3-4,9-13,15H,5-8H2,1-2H3,(H,27,28). The van der Waals surface area contributed by atoms with Crippen molar-refractivity contribution in [1.29, 1.82) is 0 Å². The molecule has 8 heteroatoms. The number of hydrogen-bond donors (Lipinski definition) is 1. The molecule has 164 valence electrons. The zero-order valence-corrected chi connectivity index (χ0v) is 17.9. The molecule has 7 nitrogen and oxygen atoms in total. The smallest absolute Gasteiger partial charge is 0.253 e. The van der Waals surface area contributed by atoms with Crippen molar-refractivity contribution in [2.75, 3.05) is 13.2 Å². The quantitative estimate of drug-likeness (QED) is 0.513. The van der Waals surface area contributed by atoms with E-state index in [4.69, 9.17) is 14.5 Å². The van der Waals surface area contributed by atoms with Crippen molar-refractivity contribution in [3.63, 3.8) is 0 Å². The number of nitrogens with zero attached hydrogens (tertiary/aromatic N) is 3. The first-order valence-electron chi connectivity index (χ1n) is 10.6. The summed E-state index contributed by atoms with van der Waals surface area (Å²) < 4.78 is 27.0. The van der Waals surface area contributed by atoms with E-state index >= 15 is 0 Å². The number of nitrogens with one attached hydrogen (secondary N) is 1. The molecule has 0 radical (unpaired) electrons. The number of H-pyrrole nitrogens is 1. The van der Waals surface area contributed by atoms with Crippen LogP contribution in [0.15, 0.2) is 47.7 Å². The van der Waals surface area contributed by atoms with Crippen LogP contribution in [-0.4, -0.2) is 32.7 Å². The summed E-state index contributed by atoms with van der Waals surface area (Å²) in [5, 5.41) is 0. The predicted octanol–water partition coefficient (Wildman–Crippen LogP) is 4.46. The Labute approximate surface area is 183 Å². The van der Waals surface area contributed by atoms with Gasteiger partial charge < -0.3 is 19.0 Å². The molecule has 5 rings (SSSR count). The van der Waals surface area contributed by atoms with Gasteiger partial charge in [-0.1, -0.05) is 0 Å². The number of fused-ring (bicyclic) bond motifs is 1. The lowest BCUT2D eigenvalue weighted by atomic mass is 10.00. The molecule has 0 aliphatic carbocycles. The van der Waals surface area contributed by atoms with E-state index in [0.29, 0.717) is 30.0 Å². The van der Waals surface area contributed by atoms with Crippen molar-refractivity contribution in [3.8, 4) is 22.6 Å². The minimum absolute atomic E-state index is 0.0619. The van der Waals surface area contributed by atoms with E-state index in [0.717, 1.165) is 41.5 Å². The van der Waals surface area contributed by atoms with E-state index in [9.17, 15) is 9.18 Å². The fourth-order valence-electron chi connectivity index (χ4n) is 4.16. The van der Waals surface area contributed by atoms with Crippen LogP contribution in [0.5, 0.6) is 11.5 Å². The lowest BCUT2D eigenvalue weighted by molar-refractivity contribution is 0.0838. The van der Waals surface area contributed by atoms with Gasteiger partial charge in [-0.15, -0.1) is 0 Å². The Morgan fingerprint density at radius 2 is 2.03 bits per heavy atom. The van der Waals surface area contributed by atoms with Crippen LogP contribution in [0.3, 0.4) is 0 Å². The number of hydrogen-bond acceptors (Lipinski definition) is 5. The van der Waals surface area contributed by atoms with Gasteiger partial charge in [0.05, 0.1) is 17.9 Å². The molecule has 32 heavy (non-hydrogen) atoms. The third-order valence-corrected chi connectivity index (χ3v) is 5.81. The predicted molar refractivity (Wildman–Crippen MR) is 119 cm³/mol. The minimum Gasteiger partial charge on any atom is -0.453 e. The van der Waals surface area contributed by atoms with Crippen molar-refractivity contribution in [2.24, 2.45) is 7.05 Å². The number of aromatic nitrogens is 4.